The number of unbranched alkanes of at least 4 members (excludes halogenated alkanes) is 1. The molecule has 12 atom stereocenters. The highest BCUT2D eigenvalue weighted by Gasteiger charge is 2.40. The van der Waals surface area contributed by atoms with Crippen LogP contribution < -0.4 is 58.8 Å². The van der Waals surface area contributed by atoms with E-state index in [0.717, 1.165) is 35.0 Å². The molecule has 3 aliphatic heterocycles. The minimum atomic E-state index is -6.02. The molecule has 0 radical (unpaired) electrons. The van der Waals surface area contributed by atoms with Crippen LogP contribution in [0.4, 0.5) is 0 Å². The van der Waals surface area contributed by atoms with E-state index < -0.39 is 89.0 Å². The minimum absolute atomic E-state index is 0.0147. The first-order valence-electron chi connectivity index (χ1n) is 25.1. The molecule has 7 heterocycles. The van der Waals surface area contributed by atoms with Gasteiger partial charge < -0.3 is 66.8 Å². The Kier molecular flexibility index (Phi) is 24.4. The Labute approximate surface area is 464 Å². The smallest absolute Gasteiger partial charge is 0.336 e. The van der Waals surface area contributed by atoms with Gasteiger partial charge in [0, 0.05) is 93.4 Å². The maximum Gasteiger partial charge on any atom is 0.336 e. The van der Waals surface area contributed by atoms with Crippen LogP contribution in [-0.2, 0) is 55.3 Å². The summed E-state index contributed by atoms with van der Waals surface area (Å²) in [6, 6.07) is 8.70. The number of aromatic amines is 3. The molecular weight excluding hydrogens is 1160 g/mol. The first-order valence-corrected chi connectivity index (χ1v) is 29.5. The number of phosphoric acid groups is 3. The van der Waals surface area contributed by atoms with Gasteiger partial charge >= 0.3 is 22.7 Å². The monoisotopic (exact) mass is 1220 g/mol. The Hall–Kier alpha value is -5.60. The van der Waals surface area contributed by atoms with Crippen molar-refractivity contribution in [2.24, 2.45) is 0 Å². The van der Waals surface area contributed by atoms with Crippen LogP contribution in [0.3, 0.4) is 0 Å². The molecule has 4 aromatic heterocycles. The lowest BCUT2D eigenvalue weighted by molar-refractivity contribution is -0.250. The number of aromatic nitrogens is 6. The number of aliphatic hydroxyl groups excluding tert-OH is 1. The van der Waals surface area contributed by atoms with Crippen molar-refractivity contribution in [2.75, 3.05) is 41.2 Å². The van der Waals surface area contributed by atoms with Crippen LogP contribution in [0.2, 0.25) is 0 Å². The second kappa shape index (κ2) is 29.8. The van der Waals surface area contributed by atoms with Gasteiger partial charge in [0.2, 0.25) is 0 Å². The molecule has 8 rings (SSSR count). The van der Waals surface area contributed by atoms with E-state index in [4.69, 9.17) is 47.6 Å². The molecule has 0 amide bonds. The highest BCUT2D eigenvalue weighted by atomic mass is 31.3. The topological polar surface area (TPSA) is 448 Å². The normalized spacial score (nSPS) is 24.4. The number of ether oxygens (including phenoxy) is 7. The van der Waals surface area contributed by atoms with Crippen molar-refractivity contribution >= 4 is 34.4 Å². The predicted octanol–water partition coefficient (Wildman–Crippen LogP) is 0.264. The molecule has 32 nitrogen and oxygen atoms in total. The van der Waals surface area contributed by atoms with Crippen LogP contribution >= 0.6 is 23.5 Å². The number of benzene rings is 1. The number of methoxy groups -OCH3 is 3. The average Bonchev–Trinajstić information content (AvgIpc) is 4.18. The van der Waals surface area contributed by atoms with Gasteiger partial charge in [0.1, 0.15) is 42.2 Å². The number of rotatable bonds is 19. The number of nitrogens with one attached hydrogen (secondary N) is 3. The maximum absolute atomic E-state index is 12.0. The fraction of sp³-hybridized carbons (Fsp3) is 0.553. The summed E-state index contributed by atoms with van der Waals surface area (Å²) in [6.07, 6.45) is 3.68. The molecule has 3 saturated heterocycles. The first-order chi connectivity index (χ1) is 38.5. The van der Waals surface area contributed by atoms with Crippen molar-refractivity contribution in [3.63, 3.8) is 0 Å². The van der Waals surface area contributed by atoms with Crippen molar-refractivity contribution in [1.29, 1.82) is 0 Å². The third-order valence-electron chi connectivity index (χ3n) is 12.6. The van der Waals surface area contributed by atoms with Crippen molar-refractivity contribution in [2.45, 2.75) is 128 Å². The van der Waals surface area contributed by atoms with E-state index in [2.05, 4.69) is 35.0 Å². The van der Waals surface area contributed by atoms with Gasteiger partial charge in [0.05, 0.1) is 44.2 Å². The molecule has 3 fully saturated rings. The van der Waals surface area contributed by atoms with Crippen LogP contribution in [-0.4, -0.2) is 116 Å². The SMILES string of the molecule is CCCCOc1ccc2ccc(=O)oc2c1.CC[C@H]1O[C@@H](n2cc(C)c(=O)[nH]c2=O)CC1OC.COC1C[C@H](n2cc(C)c(=O)[nH]c2=O)O[C@@H]1CO.COC1C[C@H](n2cc(C)c(=O)[nH]c2=O)O[C@@H]1COP(=O)([O-])OP(=O)([O-])OP(=O)([O-])O. The largest absolute Gasteiger partial charge is 0.756 e. The number of H-pyrrole nitrogens is 3. The highest BCUT2D eigenvalue weighted by molar-refractivity contribution is 7.65. The summed E-state index contributed by atoms with van der Waals surface area (Å²) in [5.41, 5.74) is -1.76. The summed E-state index contributed by atoms with van der Waals surface area (Å²) < 4.78 is 91.1. The van der Waals surface area contributed by atoms with E-state index in [1.54, 1.807) is 33.1 Å². The third-order valence-corrected chi connectivity index (χ3v) is 16.3. The molecule has 3 aliphatic rings. The zero-order chi connectivity index (χ0) is 60.9. The lowest BCUT2D eigenvalue weighted by atomic mass is 10.1. The molecule has 5 N–H and O–H groups in total. The molecule has 1 aromatic carbocycles. The zero-order valence-electron chi connectivity index (χ0n) is 45.6. The predicted molar refractivity (Wildman–Crippen MR) is 280 cm³/mol. The summed E-state index contributed by atoms with van der Waals surface area (Å²) >= 11 is 0. The van der Waals surface area contributed by atoms with Gasteiger partial charge in [-0.1, -0.05) is 20.3 Å². The molecule has 0 spiro atoms. The molecule has 0 aliphatic carbocycles. The van der Waals surface area contributed by atoms with Gasteiger partial charge in [-0.15, -0.1) is 0 Å². The van der Waals surface area contributed by atoms with E-state index in [0.29, 0.717) is 36.2 Å². The van der Waals surface area contributed by atoms with E-state index in [1.165, 1.54) is 54.9 Å². The molecule has 82 heavy (non-hydrogen) atoms. The van der Waals surface area contributed by atoms with E-state index in [1.807, 2.05) is 19.1 Å². The number of hydrogen-bond acceptors (Lipinski definition) is 25. The maximum atomic E-state index is 12.0. The van der Waals surface area contributed by atoms with Crippen LogP contribution in [0.1, 0.15) is 87.7 Å². The molecule has 0 bridgehead atoms. The molecule has 5 aromatic rings. The number of hydrogen-bond donors (Lipinski definition) is 5. The lowest BCUT2D eigenvalue weighted by Crippen LogP contribution is -2.33. The van der Waals surface area contributed by atoms with Crippen LogP contribution in [0.15, 0.2) is 86.9 Å². The Morgan fingerprint density at radius 2 is 1.07 bits per heavy atom. The van der Waals surface area contributed by atoms with Crippen molar-refractivity contribution in [3.8, 4) is 5.75 Å². The summed E-state index contributed by atoms with van der Waals surface area (Å²) in [5, 5.41) is 10.1. The first kappa shape index (κ1) is 67.2. The van der Waals surface area contributed by atoms with Gasteiger partial charge in [0.25, 0.3) is 40.1 Å². The standard InChI is InChI=1S/C13H14O3.C12H18N2O4.C11H19N2O14P3.C11H16N2O5/c1-2-3-8-15-11-6-4-10-5-7-13(14)16-12(10)9-11;1-4-8-9(17-3)5-10(18-8)14-6-7(2)11(15)13-12(14)16;1-6-4-13(11(15)12-10(6)14)9-3-7(23-2)8(25-9)5-24-29(19,20)27-30(21,22)26-28(16,17)18;1-6-4-13(11(16)12-10(6)15)9-3-7(17-2)8(5-14)18-9/h4-7,9H,2-3,8H2,1H3;6,8-10H,4-5H2,1-3H3,(H,13,15,16);4,7-9H,3,5H2,1-2H3,(H,19,20)(H,21,22)(H,12,14,15)(H2,16,17,18);4,7-9,14H,3,5H2,1-2H3,(H,12,15,16)/p-3/t;8-,9?,10-;2*7?,8-,9-/m.111/s1. The van der Waals surface area contributed by atoms with Crippen LogP contribution in [0, 0.1) is 20.8 Å². The zero-order valence-corrected chi connectivity index (χ0v) is 48.2. The van der Waals surface area contributed by atoms with Gasteiger partial charge in [-0.05, 0) is 51.8 Å². The second-order valence-corrected chi connectivity index (χ2v) is 22.7. The summed E-state index contributed by atoms with van der Waals surface area (Å²) in [7, 11) is -13.1. The van der Waals surface area contributed by atoms with Gasteiger partial charge in [-0.3, -0.25) is 56.7 Å². The summed E-state index contributed by atoms with van der Waals surface area (Å²) in [5.74, 6) is 0.746. The molecule has 0 saturated carbocycles. The molecule has 6 unspecified atom stereocenters. The van der Waals surface area contributed by atoms with E-state index in [-0.39, 0.29) is 54.3 Å². The van der Waals surface area contributed by atoms with E-state index in [9.17, 15) is 61.9 Å². The number of aryl methyl sites for hydroxylation is 3. The molecule has 35 heteroatoms. The molecule has 456 valence electrons. The summed E-state index contributed by atoms with van der Waals surface area (Å²) in [6.45, 7) is 8.52. The van der Waals surface area contributed by atoms with Crippen molar-refractivity contribution in [3.05, 3.63) is 139 Å². The minimum Gasteiger partial charge on any atom is -0.756 e. The highest BCUT2D eigenvalue weighted by Crippen LogP contribution is 2.61. The lowest BCUT2D eigenvalue weighted by Gasteiger charge is -2.33. The number of nitrogens with zero attached hydrogens (tertiary/aromatic N) is 3. The van der Waals surface area contributed by atoms with Gasteiger partial charge in [-0.25, -0.2) is 27.8 Å². The van der Waals surface area contributed by atoms with Crippen molar-refractivity contribution in [1.82, 2.24) is 28.7 Å². The Morgan fingerprint density at radius 3 is 1.49 bits per heavy atom. The number of aliphatic hydroxyl groups is 1. The van der Waals surface area contributed by atoms with Crippen molar-refractivity contribution < 1.29 is 89.1 Å². The van der Waals surface area contributed by atoms with Gasteiger partial charge in [-0.2, -0.15) is 0 Å². The Bertz CT molecular complexity index is 3410. The Morgan fingerprint density at radius 1 is 0.634 bits per heavy atom. The fourth-order valence-corrected chi connectivity index (χ4v) is 11.2. The molecular formula is C47H64N6O26P3-3. The number of phosphoric ester groups is 1. The third kappa shape index (κ3) is 19.0. The number of fused-ring (bicyclic) bond motifs is 1. The quantitative estimate of drug-likeness (QED) is 0.0421. The van der Waals surface area contributed by atoms with Crippen LogP contribution in [0.25, 0.3) is 11.0 Å². The second-order valence-electron chi connectivity index (χ2n) is 18.4. The van der Waals surface area contributed by atoms with Gasteiger partial charge in [0.15, 0.2) is 0 Å². The van der Waals surface area contributed by atoms with Crippen LogP contribution in [0.5, 0.6) is 5.75 Å². The average molecular weight is 1220 g/mol. The Balaban J connectivity index is 0.000000207. The summed E-state index contributed by atoms with van der Waals surface area (Å²) in [4.78, 5) is 129. The fourth-order valence-electron chi connectivity index (χ4n) is 8.35. The van der Waals surface area contributed by atoms with E-state index >= 15 is 0 Å².